The molecule has 5 nitrogen and oxygen atoms in total. The van der Waals surface area contributed by atoms with E-state index in [0.717, 1.165) is 37.4 Å². The highest BCUT2D eigenvalue weighted by Crippen LogP contribution is 2.18. The van der Waals surface area contributed by atoms with Crippen LogP contribution in [0.3, 0.4) is 0 Å². The van der Waals surface area contributed by atoms with Crippen molar-refractivity contribution in [1.29, 1.82) is 0 Å². The number of benzene rings is 1. The minimum atomic E-state index is 0.288. The Morgan fingerprint density at radius 3 is 2.77 bits per heavy atom. The van der Waals surface area contributed by atoms with Crippen LogP contribution in [0, 0.1) is 0 Å². The molecule has 0 saturated carbocycles. The Morgan fingerprint density at radius 2 is 2.00 bits per heavy atom. The summed E-state index contributed by atoms with van der Waals surface area (Å²) in [5.74, 6) is 0. The summed E-state index contributed by atoms with van der Waals surface area (Å²) in [6, 6.07) is 14.7. The molecule has 1 aliphatic rings. The number of nitrogens with zero attached hydrogens (tertiary/aromatic N) is 4. The molecular weight excluding hydrogens is 324 g/mol. The van der Waals surface area contributed by atoms with Crippen molar-refractivity contribution < 1.29 is 4.74 Å². The van der Waals surface area contributed by atoms with Gasteiger partial charge in [-0.25, -0.2) is 4.98 Å². The summed E-state index contributed by atoms with van der Waals surface area (Å²) in [5.41, 5.74) is 3.47. The molecule has 0 spiro atoms. The maximum atomic E-state index is 6.09. The highest BCUT2D eigenvalue weighted by molar-refractivity contribution is 5.34. The molecule has 1 fully saturated rings. The van der Waals surface area contributed by atoms with Gasteiger partial charge < -0.3 is 9.30 Å². The van der Waals surface area contributed by atoms with Crippen LogP contribution in [0.5, 0.6) is 0 Å². The predicted octanol–water partition coefficient (Wildman–Crippen LogP) is 3.45. The third kappa shape index (κ3) is 4.36. The lowest BCUT2D eigenvalue weighted by Crippen LogP contribution is -2.39. The zero-order valence-electron chi connectivity index (χ0n) is 14.9. The molecule has 0 aliphatic carbocycles. The lowest BCUT2D eigenvalue weighted by atomic mass is 10.1. The molecule has 4 rings (SSSR count). The van der Waals surface area contributed by atoms with Crippen LogP contribution in [-0.2, 0) is 17.9 Å². The first-order valence-corrected chi connectivity index (χ1v) is 9.18. The van der Waals surface area contributed by atoms with E-state index < -0.39 is 0 Å². The number of hydrogen-bond acceptors (Lipinski definition) is 4. The first kappa shape index (κ1) is 16.9. The van der Waals surface area contributed by atoms with E-state index in [1.807, 2.05) is 41.5 Å². The van der Waals surface area contributed by atoms with Gasteiger partial charge in [-0.3, -0.25) is 9.88 Å². The van der Waals surface area contributed by atoms with Crippen molar-refractivity contribution in [1.82, 2.24) is 19.4 Å². The molecule has 1 aliphatic heterocycles. The molecule has 0 bridgehead atoms. The van der Waals surface area contributed by atoms with Crippen LogP contribution in [-0.4, -0.2) is 38.6 Å². The van der Waals surface area contributed by atoms with Crippen LogP contribution in [0.4, 0.5) is 0 Å². The van der Waals surface area contributed by atoms with Crippen LogP contribution in [0.15, 0.2) is 67.4 Å². The topological polar surface area (TPSA) is 43.2 Å². The van der Waals surface area contributed by atoms with Gasteiger partial charge in [-0.1, -0.05) is 18.2 Å². The number of hydrogen-bond donors (Lipinski definition) is 0. The van der Waals surface area contributed by atoms with Gasteiger partial charge in [0.25, 0.3) is 0 Å². The number of pyridine rings is 1. The second-order valence-electron chi connectivity index (χ2n) is 6.77. The first-order valence-electron chi connectivity index (χ1n) is 9.18. The van der Waals surface area contributed by atoms with E-state index in [4.69, 9.17) is 4.74 Å². The fourth-order valence-electron chi connectivity index (χ4n) is 3.42. The second kappa shape index (κ2) is 8.25. The Hall–Kier alpha value is -2.50. The Labute approximate surface area is 154 Å². The second-order valence-corrected chi connectivity index (χ2v) is 6.77. The number of ether oxygens (including phenoxy) is 1. The highest BCUT2D eigenvalue weighted by Gasteiger charge is 2.20. The van der Waals surface area contributed by atoms with Gasteiger partial charge in [0.05, 0.1) is 24.7 Å². The standard InChI is InChI=1S/C21H24N4O/c1-2-10-23-19(4-1)16-26-21-5-3-12-24(15-21)14-18-6-8-20(9-7-18)25-13-11-22-17-25/h1-2,4,6-11,13,17,21H,3,5,12,14-16H2. The number of likely N-dealkylation sites (tertiary alicyclic amines) is 1. The Kier molecular flexibility index (Phi) is 5.38. The van der Waals surface area contributed by atoms with Gasteiger partial charge in [-0.15, -0.1) is 0 Å². The fraction of sp³-hybridized carbons (Fsp3) is 0.333. The first-order chi connectivity index (χ1) is 12.9. The summed E-state index contributed by atoms with van der Waals surface area (Å²) in [4.78, 5) is 10.9. The van der Waals surface area contributed by atoms with Gasteiger partial charge in [0, 0.05) is 37.4 Å². The summed E-state index contributed by atoms with van der Waals surface area (Å²) in [6.45, 7) is 3.68. The van der Waals surface area contributed by atoms with E-state index in [-0.39, 0.29) is 6.10 Å². The maximum absolute atomic E-state index is 6.09. The third-order valence-electron chi connectivity index (χ3n) is 4.80. The molecule has 3 heterocycles. The molecule has 1 unspecified atom stereocenters. The summed E-state index contributed by atoms with van der Waals surface area (Å²) >= 11 is 0. The molecule has 0 amide bonds. The molecule has 0 N–H and O–H groups in total. The van der Waals surface area contributed by atoms with Crippen LogP contribution in [0.2, 0.25) is 0 Å². The van der Waals surface area contributed by atoms with Gasteiger partial charge >= 0.3 is 0 Å². The summed E-state index contributed by atoms with van der Waals surface area (Å²) < 4.78 is 8.11. The van der Waals surface area contributed by atoms with E-state index in [2.05, 4.69) is 39.1 Å². The molecular formula is C21H24N4O. The minimum Gasteiger partial charge on any atom is -0.371 e. The number of rotatable bonds is 6. The van der Waals surface area contributed by atoms with E-state index in [9.17, 15) is 0 Å². The van der Waals surface area contributed by atoms with Crippen molar-refractivity contribution in [3.63, 3.8) is 0 Å². The van der Waals surface area contributed by atoms with E-state index in [1.54, 1.807) is 6.20 Å². The van der Waals surface area contributed by atoms with Gasteiger partial charge in [-0.05, 0) is 49.2 Å². The highest BCUT2D eigenvalue weighted by atomic mass is 16.5. The maximum Gasteiger partial charge on any atom is 0.0991 e. The van der Waals surface area contributed by atoms with Gasteiger partial charge in [-0.2, -0.15) is 0 Å². The predicted molar refractivity (Wildman–Crippen MR) is 101 cm³/mol. The number of imidazole rings is 1. The minimum absolute atomic E-state index is 0.288. The molecule has 5 heteroatoms. The summed E-state index contributed by atoms with van der Waals surface area (Å²) in [6.07, 6.45) is 10.00. The van der Waals surface area contributed by atoms with Crippen molar-refractivity contribution in [3.8, 4) is 5.69 Å². The normalized spacial score (nSPS) is 18.1. The van der Waals surface area contributed by atoms with Gasteiger partial charge in [0.15, 0.2) is 0 Å². The van der Waals surface area contributed by atoms with Crippen molar-refractivity contribution in [2.24, 2.45) is 0 Å². The summed E-state index contributed by atoms with van der Waals surface area (Å²) in [5, 5.41) is 0. The Morgan fingerprint density at radius 1 is 1.08 bits per heavy atom. The lowest BCUT2D eigenvalue weighted by molar-refractivity contribution is -0.0132. The van der Waals surface area contributed by atoms with E-state index >= 15 is 0 Å². The largest absolute Gasteiger partial charge is 0.371 e. The zero-order valence-corrected chi connectivity index (χ0v) is 14.9. The van der Waals surface area contributed by atoms with Gasteiger partial charge in [0.1, 0.15) is 0 Å². The van der Waals surface area contributed by atoms with Gasteiger partial charge in [0.2, 0.25) is 0 Å². The number of aromatic nitrogens is 3. The van der Waals surface area contributed by atoms with Crippen LogP contribution in [0.1, 0.15) is 24.1 Å². The van der Waals surface area contributed by atoms with Crippen molar-refractivity contribution in [2.75, 3.05) is 13.1 Å². The average Bonchev–Trinajstić information content (AvgIpc) is 3.23. The summed E-state index contributed by atoms with van der Waals surface area (Å²) in [7, 11) is 0. The molecule has 2 aromatic heterocycles. The monoisotopic (exact) mass is 348 g/mol. The van der Waals surface area contributed by atoms with E-state index in [0.29, 0.717) is 6.61 Å². The average molecular weight is 348 g/mol. The molecule has 26 heavy (non-hydrogen) atoms. The molecule has 1 atom stereocenters. The molecule has 3 aromatic rings. The SMILES string of the molecule is c1ccc(COC2CCCN(Cc3ccc(-n4ccnc4)cc3)C2)nc1. The Bertz CT molecular complexity index is 787. The number of piperidine rings is 1. The van der Waals surface area contributed by atoms with Crippen LogP contribution in [0.25, 0.3) is 5.69 Å². The van der Waals surface area contributed by atoms with Crippen LogP contribution < -0.4 is 0 Å². The van der Waals surface area contributed by atoms with E-state index in [1.165, 1.54) is 12.0 Å². The van der Waals surface area contributed by atoms with Crippen molar-refractivity contribution >= 4 is 0 Å². The quantitative estimate of drug-likeness (QED) is 0.684. The molecule has 134 valence electrons. The Balaban J connectivity index is 1.30. The van der Waals surface area contributed by atoms with Crippen molar-refractivity contribution in [2.45, 2.75) is 32.1 Å². The zero-order chi connectivity index (χ0) is 17.6. The van der Waals surface area contributed by atoms with Crippen molar-refractivity contribution in [3.05, 3.63) is 78.6 Å². The third-order valence-corrected chi connectivity index (χ3v) is 4.80. The lowest BCUT2D eigenvalue weighted by Gasteiger charge is -2.32. The molecule has 1 saturated heterocycles. The molecule has 1 aromatic carbocycles. The molecule has 0 radical (unpaired) electrons. The smallest absolute Gasteiger partial charge is 0.0991 e. The fourth-order valence-corrected chi connectivity index (χ4v) is 3.42. The van der Waals surface area contributed by atoms with Crippen LogP contribution >= 0.6 is 0 Å².